The van der Waals surface area contributed by atoms with Crippen LogP contribution in [0.15, 0.2) is 42.7 Å². The fourth-order valence-corrected chi connectivity index (χ4v) is 4.91. The van der Waals surface area contributed by atoms with Gasteiger partial charge in [0.1, 0.15) is 5.75 Å². The molecule has 1 saturated carbocycles. The van der Waals surface area contributed by atoms with Gasteiger partial charge in [-0.2, -0.15) is 5.10 Å². The molecule has 9 nitrogen and oxygen atoms in total. The van der Waals surface area contributed by atoms with Crippen LogP contribution < -0.4 is 4.74 Å². The summed E-state index contributed by atoms with van der Waals surface area (Å²) in [6.45, 7) is 0.941. The number of hydrogen-bond acceptors (Lipinski definition) is 6. The van der Waals surface area contributed by atoms with Crippen molar-refractivity contribution in [3.63, 3.8) is 0 Å². The number of pyridine rings is 1. The molecule has 196 valence electrons. The van der Waals surface area contributed by atoms with Crippen molar-refractivity contribution in [2.75, 3.05) is 27.7 Å². The van der Waals surface area contributed by atoms with Gasteiger partial charge in [-0.1, -0.05) is 24.4 Å². The van der Waals surface area contributed by atoms with Crippen molar-refractivity contribution in [1.29, 1.82) is 0 Å². The van der Waals surface area contributed by atoms with E-state index in [2.05, 4.69) is 4.98 Å². The predicted molar refractivity (Wildman–Crippen MR) is 142 cm³/mol. The van der Waals surface area contributed by atoms with Crippen molar-refractivity contribution in [3.8, 4) is 28.5 Å². The zero-order valence-electron chi connectivity index (χ0n) is 21.6. The van der Waals surface area contributed by atoms with Crippen LogP contribution in [0, 0.1) is 0 Å². The summed E-state index contributed by atoms with van der Waals surface area (Å²) in [6.07, 6.45) is 7.99. The minimum atomic E-state index is -0.0448. The van der Waals surface area contributed by atoms with Gasteiger partial charge in [0.05, 0.1) is 18.7 Å². The lowest BCUT2D eigenvalue weighted by Crippen LogP contribution is -2.41. The molecule has 37 heavy (non-hydrogen) atoms. The third-order valence-electron chi connectivity index (χ3n) is 6.71. The second kappa shape index (κ2) is 12.2. The third kappa shape index (κ3) is 6.46. The molecule has 1 aromatic carbocycles. The van der Waals surface area contributed by atoms with Crippen LogP contribution >= 0.6 is 11.6 Å². The molecule has 1 aliphatic rings. The minimum absolute atomic E-state index is 0.00520. The lowest BCUT2D eigenvalue weighted by Gasteiger charge is -2.29. The van der Waals surface area contributed by atoms with Crippen LogP contribution in [-0.4, -0.2) is 75.2 Å². The van der Waals surface area contributed by atoms with E-state index in [1.165, 1.54) is 4.90 Å². The molecular weight excluding hydrogens is 492 g/mol. The van der Waals surface area contributed by atoms with E-state index in [9.17, 15) is 9.59 Å². The smallest absolute Gasteiger partial charge is 0.223 e. The van der Waals surface area contributed by atoms with E-state index in [0.717, 1.165) is 36.8 Å². The maximum absolute atomic E-state index is 13.2. The van der Waals surface area contributed by atoms with Gasteiger partial charge in [-0.3, -0.25) is 14.6 Å². The Morgan fingerprint density at radius 3 is 2.41 bits per heavy atom. The molecule has 10 heteroatoms. The highest BCUT2D eigenvalue weighted by molar-refractivity contribution is 6.32. The summed E-state index contributed by atoms with van der Waals surface area (Å²) in [5.74, 6) is 1.76. The van der Waals surface area contributed by atoms with Crippen molar-refractivity contribution >= 4 is 23.4 Å². The van der Waals surface area contributed by atoms with Crippen LogP contribution in [0.3, 0.4) is 0 Å². The summed E-state index contributed by atoms with van der Waals surface area (Å²) in [7, 11) is 4.99. The normalized spacial score (nSPS) is 13.5. The lowest BCUT2D eigenvalue weighted by molar-refractivity contribution is -0.137. The maximum Gasteiger partial charge on any atom is 0.223 e. The maximum atomic E-state index is 13.2. The van der Waals surface area contributed by atoms with E-state index in [0.29, 0.717) is 35.5 Å². The van der Waals surface area contributed by atoms with E-state index >= 15 is 0 Å². The number of carbonyl (C=O) groups excluding carboxylic acids is 2. The topological polar surface area (TPSA) is 93.5 Å². The van der Waals surface area contributed by atoms with E-state index < -0.39 is 0 Å². The minimum Gasteiger partial charge on any atom is -0.495 e. The average Bonchev–Trinajstić information content (AvgIpc) is 3.58. The van der Waals surface area contributed by atoms with Gasteiger partial charge in [0, 0.05) is 63.0 Å². The van der Waals surface area contributed by atoms with Gasteiger partial charge in [-0.25, -0.2) is 9.67 Å². The third-order valence-corrected chi connectivity index (χ3v) is 7.01. The number of ether oxygens (including phenoxy) is 1. The number of carbonyl (C=O) groups is 2. The van der Waals surface area contributed by atoms with Gasteiger partial charge in [0.2, 0.25) is 11.8 Å². The molecule has 1 aliphatic carbocycles. The molecule has 0 spiro atoms. The van der Waals surface area contributed by atoms with Crippen LogP contribution in [0.5, 0.6) is 5.75 Å². The lowest BCUT2D eigenvalue weighted by atomic mass is 10.1. The summed E-state index contributed by atoms with van der Waals surface area (Å²) in [5, 5.41) is 5.27. The first-order chi connectivity index (χ1) is 17.9. The number of hydrogen-bond donors (Lipinski definition) is 0. The number of halogens is 1. The van der Waals surface area contributed by atoms with Crippen molar-refractivity contribution in [3.05, 3.63) is 47.7 Å². The first kappa shape index (κ1) is 26.6. The zero-order chi connectivity index (χ0) is 26.4. The van der Waals surface area contributed by atoms with Crippen LogP contribution in [0.2, 0.25) is 5.02 Å². The molecule has 2 heterocycles. The molecule has 0 saturated heterocycles. The first-order valence-electron chi connectivity index (χ1n) is 12.6. The van der Waals surface area contributed by atoms with Crippen LogP contribution in [0.1, 0.15) is 38.5 Å². The number of methoxy groups -OCH3 is 1. The molecule has 0 radical (unpaired) electrons. The van der Waals surface area contributed by atoms with Crippen LogP contribution in [-0.2, 0) is 16.1 Å². The fraction of sp³-hybridized carbons (Fsp3) is 0.444. The van der Waals surface area contributed by atoms with Gasteiger partial charge in [-0.15, -0.1) is 0 Å². The highest BCUT2D eigenvalue weighted by Gasteiger charge is 2.27. The molecule has 0 unspecified atom stereocenters. The van der Waals surface area contributed by atoms with Gasteiger partial charge in [-0.05, 0) is 43.2 Å². The number of rotatable bonds is 10. The molecule has 0 N–H and O–H groups in total. The Kier molecular flexibility index (Phi) is 8.76. The molecular formula is C27H33ClN6O3. The molecule has 2 amide bonds. The molecule has 0 atom stereocenters. The quantitative estimate of drug-likeness (QED) is 0.392. The van der Waals surface area contributed by atoms with Crippen molar-refractivity contribution in [2.24, 2.45) is 0 Å². The van der Waals surface area contributed by atoms with E-state index in [1.54, 1.807) is 39.7 Å². The Hall–Kier alpha value is -3.46. The summed E-state index contributed by atoms with van der Waals surface area (Å²) in [4.78, 5) is 37.7. The number of aromatic nitrogens is 4. The number of benzene rings is 1. The number of nitrogens with zero attached hydrogens (tertiary/aromatic N) is 6. The Bertz CT molecular complexity index is 1220. The van der Waals surface area contributed by atoms with Crippen LogP contribution in [0.25, 0.3) is 22.8 Å². The van der Waals surface area contributed by atoms with E-state index in [4.69, 9.17) is 26.4 Å². The van der Waals surface area contributed by atoms with Gasteiger partial charge in [0.25, 0.3) is 0 Å². The van der Waals surface area contributed by atoms with E-state index in [1.807, 2.05) is 33.8 Å². The highest BCUT2D eigenvalue weighted by atomic mass is 35.5. The second-order valence-electron chi connectivity index (χ2n) is 9.38. The van der Waals surface area contributed by atoms with Crippen molar-refractivity contribution in [1.82, 2.24) is 29.5 Å². The summed E-state index contributed by atoms with van der Waals surface area (Å²) < 4.78 is 7.13. The summed E-state index contributed by atoms with van der Waals surface area (Å²) >= 11 is 6.42. The first-order valence-corrected chi connectivity index (χ1v) is 12.9. The van der Waals surface area contributed by atoms with Gasteiger partial charge < -0.3 is 14.5 Å². The average molecular weight is 525 g/mol. The summed E-state index contributed by atoms with van der Waals surface area (Å²) in [5.41, 5.74) is 1.65. The molecule has 1 fully saturated rings. The Labute approximate surface area is 222 Å². The SMILES string of the molecule is COc1ccc(-c2nc(-c3ccncc3)nn2CCN(C(=O)CCC(=O)N(C)C)C2CCCC2)cc1Cl. The Morgan fingerprint density at radius 2 is 1.76 bits per heavy atom. The van der Waals surface area contributed by atoms with Gasteiger partial charge >= 0.3 is 0 Å². The monoisotopic (exact) mass is 524 g/mol. The molecule has 2 aromatic heterocycles. The van der Waals surface area contributed by atoms with Crippen molar-refractivity contribution < 1.29 is 14.3 Å². The Morgan fingerprint density at radius 1 is 1.05 bits per heavy atom. The highest BCUT2D eigenvalue weighted by Crippen LogP contribution is 2.31. The van der Waals surface area contributed by atoms with Crippen LogP contribution in [0.4, 0.5) is 0 Å². The van der Waals surface area contributed by atoms with Crippen molar-refractivity contribution in [2.45, 2.75) is 51.1 Å². The second-order valence-corrected chi connectivity index (χ2v) is 9.79. The molecule has 3 aromatic rings. The largest absolute Gasteiger partial charge is 0.495 e. The molecule has 0 bridgehead atoms. The Balaban J connectivity index is 1.61. The predicted octanol–water partition coefficient (Wildman–Crippen LogP) is 4.31. The zero-order valence-corrected chi connectivity index (χ0v) is 22.3. The number of amides is 2. The standard InChI is InChI=1S/C27H33ClN6O3/c1-32(2)24(35)10-11-25(36)33(21-6-4-5-7-21)16-17-34-27(20-8-9-23(37-3)22(28)18-20)30-26(31-34)19-12-14-29-15-13-19/h8-9,12-15,18,21H,4-7,10-11,16-17H2,1-3H3. The van der Waals surface area contributed by atoms with E-state index in [-0.39, 0.29) is 30.7 Å². The molecule has 0 aliphatic heterocycles. The summed E-state index contributed by atoms with van der Waals surface area (Å²) in [6, 6.07) is 9.42. The van der Waals surface area contributed by atoms with Gasteiger partial charge in [0.15, 0.2) is 11.6 Å². The molecule has 4 rings (SSSR count). The fourth-order valence-electron chi connectivity index (χ4n) is 4.65.